The van der Waals surface area contributed by atoms with E-state index in [9.17, 15) is 13.2 Å². The number of sulfonamides is 1. The van der Waals surface area contributed by atoms with Crippen molar-refractivity contribution in [1.82, 2.24) is 4.31 Å². The van der Waals surface area contributed by atoms with Crippen molar-refractivity contribution < 1.29 is 18.3 Å². The first-order chi connectivity index (χ1) is 7.29. The van der Waals surface area contributed by atoms with Crippen LogP contribution in [0.5, 0.6) is 0 Å². The molecular formula is C10H21NO4S. The monoisotopic (exact) mass is 251 g/mol. The fourth-order valence-corrected chi connectivity index (χ4v) is 3.03. The Morgan fingerprint density at radius 3 is 2.31 bits per heavy atom. The number of nitrogens with zero attached hydrogens (tertiary/aromatic N) is 1. The van der Waals surface area contributed by atoms with Crippen LogP contribution in [0.1, 0.15) is 33.6 Å². The van der Waals surface area contributed by atoms with Crippen LogP contribution in [-0.2, 0) is 14.8 Å². The van der Waals surface area contributed by atoms with Gasteiger partial charge < -0.3 is 5.11 Å². The molecule has 96 valence electrons. The molecule has 0 aromatic heterocycles. The minimum Gasteiger partial charge on any atom is -0.480 e. The maximum Gasteiger partial charge on any atom is 0.318 e. The molecule has 0 atom stereocenters. The van der Waals surface area contributed by atoms with Crippen molar-refractivity contribution in [3.8, 4) is 0 Å². The molecule has 0 aliphatic carbocycles. The smallest absolute Gasteiger partial charge is 0.318 e. The van der Waals surface area contributed by atoms with Gasteiger partial charge in [0.15, 0.2) is 0 Å². The highest BCUT2D eigenvalue weighted by molar-refractivity contribution is 7.89. The molecule has 0 heterocycles. The second kappa shape index (κ2) is 6.85. The van der Waals surface area contributed by atoms with E-state index >= 15 is 0 Å². The van der Waals surface area contributed by atoms with Crippen LogP contribution in [0.25, 0.3) is 0 Å². The van der Waals surface area contributed by atoms with E-state index in [1.54, 1.807) is 0 Å². The average Bonchev–Trinajstić information content (AvgIpc) is 2.12. The predicted octanol–water partition coefficient (Wildman–Crippen LogP) is 1.16. The lowest BCUT2D eigenvalue weighted by Crippen LogP contribution is -2.39. The highest BCUT2D eigenvalue weighted by Gasteiger charge is 2.24. The number of rotatable bonds is 8. The molecule has 16 heavy (non-hydrogen) atoms. The maximum absolute atomic E-state index is 11.8. The summed E-state index contributed by atoms with van der Waals surface area (Å²) in [5.41, 5.74) is 0. The molecular weight excluding hydrogens is 230 g/mol. The number of aliphatic carboxylic acids is 1. The van der Waals surface area contributed by atoms with Crippen LogP contribution >= 0.6 is 0 Å². The van der Waals surface area contributed by atoms with Crippen molar-refractivity contribution in [1.29, 1.82) is 0 Å². The first-order valence-electron chi connectivity index (χ1n) is 5.49. The van der Waals surface area contributed by atoms with Crippen molar-refractivity contribution in [3.05, 3.63) is 0 Å². The maximum atomic E-state index is 11.8. The lowest BCUT2D eigenvalue weighted by molar-refractivity contribution is -0.137. The van der Waals surface area contributed by atoms with Crippen LogP contribution in [0.2, 0.25) is 0 Å². The van der Waals surface area contributed by atoms with Gasteiger partial charge in [-0.1, -0.05) is 27.2 Å². The minimum atomic E-state index is -3.42. The number of hydrogen-bond acceptors (Lipinski definition) is 3. The summed E-state index contributed by atoms with van der Waals surface area (Å²) in [6, 6.07) is 0. The van der Waals surface area contributed by atoms with Gasteiger partial charge in [-0.3, -0.25) is 4.79 Å². The first kappa shape index (κ1) is 15.4. The highest BCUT2D eigenvalue weighted by atomic mass is 32.2. The van der Waals surface area contributed by atoms with Crippen molar-refractivity contribution in [3.63, 3.8) is 0 Å². The van der Waals surface area contributed by atoms with E-state index in [-0.39, 0.29) is 18.2 Å². The molecule has 0 spiro atoms. The van der Waals surface area contributed by atoms with E-state index in [1.807, 2.05) is 20.8 Å². The molecule has 0 radical (unpaired) electrons. The largest absolute Gasteiger partial charge is 0.480 e. The van der Waals surface area contributed by atoms with Gasteiger partial charge in [-0.25, -0.2) is 8.42 Å². The van der Waals surface area contributed by atoms with Gasteiger partial charge >= 0.3 is 5.97 Å². The first-order valence-corrected chi connectivity index (χ1v) is 7.10. The van der Waals surface area contributed by atoms with Crippen LogP contribution in [0.15, 0.2) is 0 Å². The summed E-state index contributed by atoms with van der Waals surface area (Å²) in [7, 11) is -3.42. The minimum absolute atomic E-state index is 0.0313. The third-order valence-electron chi connectivity index (χ3n) is 2.03. The second-order valence-electron chi connectivity index (χ2n) is 4.25. The number of hydrogen-bond donors (Lipinski definition) is 1. The van der Waals surface area contributed by atoms with E-state index in [0.717, 1.165) is 10.7 Å². The van der Waals surface area contributed by atoms with Gasteiger partial charge in [0.2, 0.25) is 10.0 Å². The predicted molar refractivity (Wildman–Crippen MR) is 62.7 cm³/mol. The van der Waals surface area contributed by atoms with Gasteiger partial charge in [0, 0.05) is 6.54 Å². The molecule has 0 saturated carbocycles. The van der Waals surface area contributed by atoms with Crippen LogP contribution in [0.4, 0.5) is 0 Å². The molecule has 5 nitrogen and oxygen atoms in total. The summed E-state index contributed by atoms with van der Waals surface area (Å²) in [4.78, 5) is 10.6. The molecule has 0 aromatic rings. The van der Waals surface area contributed by atoms with Gasteiger partial charge in [0.25, 0.3) is 0 Å². The molecule has 0 unspecified atom stereocenters. The number of unbranched alkanes of at least 4 members (excludes halogenated alkanes) is 1. The second-order valence-corrected chi connectivity index (χ2v) is 6.34. The van der Waals surface area contributed by atoms with Crippen LogP contribution in [-0.4, -0.2) is 42.6 Å². The fourth-order valence-electron chi connectivity index (χ4n) is 1.29. The molecule has 1 N–H and O–H groups in total. The Morgan fingerprint density at radius 2 is 1.94 bits per heavy atom. The zero-order valence-electron chi connectivity index (χ0n) is 10.1. The average molecular weight is 251 g/mol. The fraction of sp³-hybridized carbons (Fsp3) is 0.900. The molecule has 0 bridgehead atoms. The van der Waals surface area contributed by atoms with Gasteiger partial charge in [0.05, 0.1) is 5.75 Å². The number of carboxylic acid groups (broad SMARTS) is 1. The third kappa shape index (κ3) is 6.07. The zero-order chi connectivity index (χ0) is 12.8. The van der Waals surface area contributed by atoms with Gasteiger partial charge in [-0.05, 0) is 12.3 Å². The lowest BCUT2D eigenvalue weighted by Gasteiger charge is -2.21. The third-order valence-corrected chi connectivity index (χ3v) is 3.90. The zero-order valence-corrected chi connectivity index (χ0v) is 11.0. The summed E-state index contributed by atoms with van der Waals surface area (Å²) in [6.07, 6.45) is 1.35. The Hall–Kier alpha value is -0.620. The molecule has 0 fully saturated rings. The van der Waals surface area contributed by atoms with E-state index in [0.29, 0.717) is 6.42 Å². The topological polar surface area (TPSA) is 74.7 Å². The van der Waals surface area contributed by atoms with Crippen LogP contribution in [0, 0.1) is 5.92 Å². The molecule has 0 amide bonds. The molecule has 0 aliphatic rings. The molecule has 6 heteroatoms. The van der Waals surface area contributed by atoms with Crippen molar-refractivity contribution in [2.45, 2.75) is 33.6 Å². The van der Waals surface area contributed by atoms with Crippen LogP contribution < -0.4 is 0 Å². The van der Waals surface area contributed by atoms with Gasteiger partial charge in [0.1, 0.15) is 6.54 Å². The standard InChI is InChI=1S/C10H21NO4S/c1-4-5-6-16(14,15)11(7-9(2)3)8-10(12)13/h9H,4-8H2,1-3H3,(H,12,13). The van der Waals surface area contributed by atoms with E-state index in [4.69, 9.17) is 5.11 Å². The van der Waals surface area contributed by atoms with E-state index in [2.05, 4.69) is 0 Å². The summed E-state index contributed by atoms with van der Waals surface area (Å²) < 4.78 is 24.7. The van der Waals surface area contributed by atoms with E-state index in [1.165, 1.54) is 0 Å². The van der Waals surface area contributed by atoms with Crippen molar-refractivity contribution in [2.75, 3.05) is 18.8 Å². The number of carboxylic acids is 1. The highest BCUT2D eigenvalue weighted by Crippen LogP contribution is 2.08. The molecule has 0 aliphatic heterocycles. The Kier molecular flexibility index (Phi) is 6.59. The lowest BCUT2D eigenvalue weighted by atomic mass is 10.2. The SMILES string of the molecule is CCCCS(=O)(=O)N(CC(=O)O)CC(C)C. The Balaban J connectivity index is 4.65. The summed E-state index contributed by atoms with van der Waals surface area (Å²) in [5, 5.41) is 8.68. The quantitative estimate of drug-likeness (QED) is 0.702. The van der Waals surface area contributed by atoms with Crippen molar-refractivity contribution >= 4 is 16.0 Å². The number of carbonyl (C=O) groups is 1. The molecule has 0 rings (SSSR count). The van der Waals surface area contributed by atoms with Crippen molar-refractivity contribution in [2.24, 2.45) is 5.92 Å². The van der Waals surface area contributed by atoms with Gasteiger partial charge in [-0.2, -0.15) is 4.31 Å². The van der Waals surface area contributed by atoms with E-state index < -0.39 is 22.5 Å². The van der Waals surface area contributed by atoms with Gasteiger partial charge in [-0.15, -0.1) is 0 Å². The van der Waals surface area contributed by atoms with Crippen LogP contribution in [0.3, 0.4) is 0 Å². The Bertz CT molecular complexity index is 311. The summed E-state index contributed by atoms with van der Waals surface area (Å²) in [6.45, 7) is 5.45. The Labute approximate surface area is 97.5 Å². The molecule has 0 aromatic carbocycles. The Morgan fingerprint density at radius 1 is 1.38 bits per heavy atom. The summed E-state index contributed by atoms with van der Waals surface area (Å²) >= 11 is 0. The summed E-state index contributed by atoms with van der Waals surface area (Å²) in [5.74, 6) is -0.958. The normalized spacial score (nSPS) is 12.3. The molecule has 0 saturated heterocycles.